The maximum Gasteiger partial charge on any atom is 0.232 e. The molecular formula is C18H17ClF2N4O3S. The Labute approximate surface area is 170 Å². The molecule has 0 atom stereocenters. The Morgan fingerprint density at radius 3 is 2.83 bits per heavy atom. The van der Waals surface area contributed by atoms with Crippen LogP contribution in [0.15, 0.2) is 30.6 Å². The van der Waals surface area contributed by atoms with Crippen LogP contribution in [0.25, 0.3) is 5.65 Å². The molecule has 0 aliphatic rings. The van der Waals surface area contributed by atoms with Gasteiger partial charge in [-0.15, -0.1) is 0 Å². The van der Waals surface area contributed by atoms with E-state index in [1.54, 1.807) is 19.2 Å². The van der Waals surface area contributed by atoms with E-state index in [1.165, 1.54) is 16.8 Å². The van der Waals surface area contributed by atoms with E-state index in [4.69, 9.17) is 11.6 Å². The van der Waals surface area contributed by atoms with E-state index in [-0.39, 0.29) is 17.9 Å². The van der Waals surface area contributed by atoms with Crippen LogP contribution >= 0.6 is 11.6 Å². The minimum atomic E-state index is -3.96. The summed E-state index contributed by atoms with van der Waals surface area (Å²) in [5, 5.41) is 4.06. The van der Waals surface area contributed by atoms with Crippen molar-refractivity contribution in [1.82, 2.24) is 14.6 Å². The third kappa shape index (κ3) is 4.88. The van der Waals surface area contributed by atoms with Crippen molar-refractivity contribution in [3.05, 3.63) is 58.3 Å². The van der Waals surface area contributed by atoms with Gasteiger partial charge in [0.2, 0.25) is 10.0 Å². The minimum absolute atomic E-state index is 0.150. The van der Waals surface area contributed by atoms with Gasteiger partial charge in [0.25, 0.3) is 0 Å². The van der Waals surface area contributed by atoms with Gasteiger partial charge >= 0.3 is 0 Å². The summed E-state index contributed by atoms with van der Waals surface area (Å²) in [7, 11) is -3.96. The Kier molecular flexibility index (Phi) is 6.13. The third-order valence-electron chi connectivity index (χ3n) is 4.04. The first-order valence-electron chi connectivity index (χ1n) is 8.59. The van der Waals surface area contributed by atoms with Crippen molar-refractivity contribution in [3.63, 3.8) is 0 Å². The molecule has 0 bridgehead atoms. The Bertz CT molecular complexity index is 1180. The first-order chi connectivity index (χ1) is 13.7. The van der Waals surface area contributed by atoms with Crippen molar-refractivity contribution < 1.29 is 22.0 Å². The number of rotatable bonds is 8. The number of hydrogen-bond donors (Lipinski definition) is 1. The number of hydrogen-bond acceptors (Lipinski definition) is 5. The highest BCUT2D eigenvalue weighted by Gasteiger charge is 2.22. The summed E-state index contributed by atoms with van der Waals surface area (Å²) in [6.07, 6.45) is 2.64. The predicted octanol–water partition coefficient (Wildman–Crippen LogP) is 3.36. The highest BCUT2D eigenvalue weighted by molar-refractivity contribution is 7.92. The molecular weight excluding hydrogens is 426 g/mol. The van der Waals surface area contributed by atoms with Crippen molar-refractivity contribution in [3.8, 4) is 0 Å². The van der Waals surface area contributed by atoms with E-state index in [0.29, 0.717) is 11.2 Å². The van der Waals surface area contributed by atoms with E-state index < -0.39 is 45.3 Å². The second kappa shape index (κ2) is 8.42. The number of fused-ring (bicyclic) bond motifs is 1. The summed E-state index contributed by atoms with van der Waals surface area (Å²) in [4.78, 5) is 16.9. The fraction of sp³-hybridized carbons (Fsp3) is 0.278. The number of alkyl halides is 1. The molecule has 3 aromatic rings. The number of benzene rings is 1. The first kappa shape index (κ1) is 21.1. The lowest BCUT2D eigenvalue weighted by Crippen LogP contribution is -2.19. The minimum Gasteiger partial charge on any atom is -0.294 e. The molecule has 154 valence electrons. The molecule has 0 unspecified atom stereocenters. The highest BCUT2D eigenvalue weighted by Crippen LogP contribution is 2.28. The summed E-state index contributed by atoms with van der Waals surface area (Å²) < 4.78 is 54.4. The number of nitrogens with zero attached hydrogens (tertiary/aromatic N) is 3. The Balaban J connectivity index is 1.87. The van der Waals surface area contributed by atoms with Gasteiger partial charge in [0.05, 0.1) is 34.4 Å². The van der Waals surface area contributed by atoms with Gasteiger partial charge in [0, 0.05) is 24.9 Å². The molecule has 1 aromatic carbocycles. The van der Waals surface area contributed by atoms with Gasteiger partial charge in [-0.05, 0) is 31.0 Å². The number of aryl methyl sites for hydroxylation is 1. The maximum absolute atomic E-state index is 14.9. The molecule has 0 fully saturated rings. The van der Waals surface area contributed by atoms with Crippen molar-refractivity contribution in [2.75, 3.05) is 17.1 Å². The first-order valence-corrected chi connectivity index (χ1v) is 10.6. The second-order valence-electron chi connectivity index (χ2n) is 6.40. The molecule has 0 saturated heterocycles. The summed E-state index contributed by atoms with van der Waals surface area (Å²) in [5.74, 6) is -2.25. The summed E-state index contributed by atoms with van der Waals surface area (Å²) in [6, 6.07) is 4.10. The Hall–Kier alpha value is -2.59. The van der Waals surface area contributed by atoms with Crippen LogP contribution < -0.4 is 4.72 Å². The van der Waals surface area contributed by atoms with Crippen LogP contribution in [0.1, 0.15) is 28.0 Å². The van der Waals surface area contributed by atoms with Crippen LogP contribution in [0.2, 0.25) is 5.02 Å². The van der Waals surface area contributed by atoms with Gasteiger partial charge in [-0.25, -0.2) is 22.3 Å². The van der Waals surface area contributed by atoms with Gasteiger partial charge in [-0.2, -0.15) is 5.10 Å². The maximum atomic E-state index is 14.9. The van der Waals surface area contributed by atoms with E-state index in [2.05, 4.69) is 10.1 Å². The number of carbonyl (C=O) groups is 1. The van der Waals surface area contributed by atoms with Crippen LogP contribution in [0.5, 0.6) is 0 Å². The molecule has 1 N–H and O–H groups in total. The Morgan fingerprint density at radius 2 is 2.10 bits per heavy atom. The van der Waals surface area contributed by atoms with Crippen LogP contribution in [0.3, 0.4) is 0 Å². The number of halogens is 3. The predicted molar refractivity (Wildman–Crippen MR) is 105 cm³/mol. The molecule has 11 heteroatoms. The lowest BCUT2D eigenvalue weighted by atomic mass is 10.0. The molecule has 7 nitrogen and oxygen atoms in total. The smallest absolute Gasteiger partial charge is 0.232 e. The molecule has 0 aliphatic carbocycles. The van der Waals surface area contributed by atoms with Crippen molar-refractivity contribution in [2.45, 2.75) is 19.8 Å². The number of nitrogens with one attached hydrogen (secondary N) is 1. The monoisotopic (exact) mass is 442 g/mol. The molecule has 0 aliphatic heterocycles. The van der Waals surface area contributed by atoms with Gasteiger partial charge in [0.15, 0.2) is 17.2 Å². The number of Topliss-reactive ketones (excluding diaryl/α,β-unsaturated/α-hetero) is 1. The molecule has 0 saturated carbocycles. The second-order valence-corrected chi connectivity index (χ2v) is 8.65. The zero-order valence-electron chi connectivity index (χ0n) is 15.3. The van der Waals surface area contributed by atoms with Crippen LogP contribution in [0, 0.1) is 12.7 Å². The van der Waals surface area contributed by atoms with Gasteiger partial charge < -0.3 is 0 Å². The topological polar surface area (TPSA) is 93.4 Å². The molecule has 2 heterocycles. The molecule has 2 aromatic heterocycles. The van der Waals surface area contributed by atoms with Crippen LogP contribution in [0.4, 0.5) is 14.5 Å². The van der Waals surface area contributed by atoms with E-state index in [9.17, 15) is 22.0 Å². The van der Waals surface area contributed by atoms with E-state index in [1.807, 2.05) is 4.72 Å². The average molecular weight is 443 g/mol. The number of carbonyl (C=O) groups excluding carboxylic acids is 1. The average Bonchev–Trinajstić information content (AvgIpc) is 3.02. The molecule has 0 amide bonds. The van der Waals surface area contributed by atoms with Crippen molar-refractivity contribution in [2.24, 2.45) is 0 Å². The van der Waals surface area contributed by atoms with Crippen molar-refractivity contribution >= 4 is 38.7 Å². The fourth-order valence-electron chi connectivity index (χ4n) is 2.75. The van der Waals surface area contributed by atoms with Crippen LogP contribution in [-0.4, -0.2) is 41.2 Å². The fourth-order valence-corrected chi connectivity index (χ4v) is 4.08. The number of aromatic nitrogens is 3. The molecule has 3 rings (SSSR count). The molecule has 0 radical (unpaired) electrons. The number of ketones is 1. The normalized spacial score (nSPS) is 11.7. The van der Waals surface area contributed by atoms with E-state index >= 15 is 0 Å². The quantitative estimate of drug-likeness (QED) is 0.540. The summed E-state index contributed by atoms with van der Waals surface area (Å²) >= 11 is 5.99. The highest BCUT2D eigenvalue weighted by atomic mass is 35.5. The lowest BCUT2D eigenvalue weighted by Gasteiger charge is -2.12. The largest absolute Gasteiger partial charge is 0.294 e. The third-order valence-corrected chi connectivity index (χ3v) is 5.71. The molecule has 0 spiro atoms. The van der Waals surface area contributed by atoms with Gasteiger partial charge in [0.1, 0.15) is 0 Å². The number of anilines is 1. The van der Waals surface area contributed by atoms with Gasteiger partial charge in [-0.3, -0.25) is 13.9 Å². The zero-order valence-corrected chi connectivity index (χ0v) is 16.9. The Morgan fingerprint density at radius 1 is 1.34 bits per heavy atom. The number of sulfonamides is 1. The van der Waals surface area contributed by atoms with Crippen molar-refractivity contribution in [1.29, 1.82) is 0 Å². The van der Waals surface area contributed by atoms with E-state index in [0.717, 1.165) is 11.8 Å². The van der Waals surface area contributed by atoms with Gasteiger partial charge in [-0.1, -0.05) is 11.6 Å². The standard InChI is InChI=1S/C18H17ClF2N4O3S/c1-11-7-16-22-9-12(10-25(16)23-11)8-15(26)17-13(19)3-4-14(18(17)21)24-29(27,28)6-2-5-20/h3-4,7,9-10,24H,2,5-6,8H2,1H3. The SMILES string of the molecule is Cc1cc2ncc(CC(=O)c3c(Cl)ccc(NS(=O)(=O)CCCF)c3F)cn2n1. The zero-order chi connectivity index (χ0) is 21.2. The summed E-state index contributed by atoms with van der Waals surface area (Å²) in [5.41, 5.74) is 0.979. The molecule has 29 heavy (non-hydrogen) atoms. The lowest BCUT2D eigenvalue weighted by molar-refractivity contribution is 0.0989. The van der Waals surface area contributed by atoms with Crippen LogP contribution in [-0.2, 0) is 16.4 Å². The summed E-state index contributed by atoms with van der Waals surface area (Å²) in [6.45, 7) is 0.983.